The van der Waals surface area contributed by atoms with Crippen LogP contribution in [-0.2, 0) is 13.0 Å². The minimum Gasteiger partial charge on any atom is -0.317 e. The molecule has 1 unspecified atom stereocenters. The molecule has 2 heterocycles. The van der Waals surface area contributed by atoms with Crippen LogP contribution in [0.15, 0.2) is 42.2 Å². The smallest absolute Gasteiger partial charge is 0.132 e. The van der Waals surface area contributed by atoms with Crippen molar-refractivity contribution < 1.29 is 0 Å². The molecule has 1 aliphatic rings. The Kier molecular flexibility index (Phi) is 4.46. The zero-order valence-corrected chi connectivity index (χ0v) is 12.5. The summed E-state index contributed by atoms with van der Waals surface area (Å²) >= 11 is 0. The molecule has 2 aromatic rings. The van der Waals surface area contributed by atoms with Gasteiger partial charge in [0.1, 0.15) is 12.2 Å². The lowest BCUT2D eigenvalue weighted by Gasteiger charge is -2.23. The van der Waals surface area contributed by atoms with Crippen molar-refractivity contribution in [3.8, 4) is 0 Å². The van der Waals surface area contributed by atoms with Crippen molar-refractivity contribution in [2.24, 2.45) is 5.92 Å². The van der Waals surface area contributed by atoms with Crippen molar-refractivity contribution in [1.29, 1.82) is 0 Å². The van der Waals surface area contributed by atoms with Crippen LogP contribution in [0, 0.1) is 5.92 Å². The van der Waals surface area contributed by atoms with Gasteiger partial charge in [-0.2, -0.15) is 0 Å². The molecule has 4 nitrogen and oxygen atoms in total. The first-order valence-corrected chi connectivity index (χ1v) is 7.61. The Labute approximate surface area is 125 Å². The maximum atomic E-state index is 4.13. The third-order valence-electron chi connectivity index (χ3n) is 3.98. The number of hydrogen-bond donors (Lipinski definition) is 1. The fraction of sp³-hybridized carbons (Fsp3) is 0.412. The van der Waals surface area contributed by atoms with Crippen molar-refractivity contribution in [3.05, 3.63) is 53.6 Å². The summed E-state index contributed by atoms with van der Waals surface area (Å²) in [6.07, 6.45) is 6.34. The van der Waals surface area contributed by atoms with E-state index in [9.17, 15) is 0 Å². The van der Waals surface area contributed by atoms with E-state index in [0.29, 0.717) is 5.92 Å². The van der Waals surface area contributed by atoms with Crippen LogP contribution < -0.4 is 5.32 Å². The molecule has 1 atom stereocenters. The number of aromatic nitrogens is 3. The Morgan fingerprint density at radius 3 is 3.10 bits per heavy atom. The number of aryl methyl sites for hydroxylation is 1. The van der Waals surface area contributed by atoms with Gasteiger partial charge in [0, 0.05) is 19.5 Å². The van der Waals surface area contributed by atoms with Crippen molar-refractivity contribution in [2.45, 2.75) is 26.3 Å². The van der Waals surface area contributed by atoms with Crippen LogP contribution in [0.4, 0.5) is 0 Å². The van der Waals surface area contributed by atoms with Gasteiger partial charge < -0.3 is 9.88 Å². The highest BCUT2D eigenvalue weighted by Crippen LogP contribution is 2.17. The van der Waals surface area contributed by atoms with Crippen LogP contribution in [0.1, 0.15) is 24.7 Å². The lowest BCUT2D eigenvalue weighted by molar-refractivity contribution is 0.352. The molecule has 1 aromatic heterocycles. The van der Waals surface area contributed by atoms with Crippen LogP contribution in [0.25, 0.3) is 6.08 Å². The first kappa shape index (κ1) is 14.0. The fourth-order valence-electron chi connectivity index (χ4n) is 2.85. The summed E-state index contributed by atoms with van der Waals surface area (Å²) in [5, 5.41) is 11.7. The van der Waals surface area contributed by atoms with E-state index < -0.39 is 0 Å². The molecular weight excluding hydrogens is 260 g/mol. The highest BCUT2D eigenvalue weighted by Gasteiger charge is 2.18. The van der Waals surface area contributed by atoms with E-state index >= 15 is 0 Å². The minimum atomic E-state index is 0.679. The lowest BCUT2D eigenvalue weighted by atomic mass is 9.99. The van der Waals surface area contributed by atoms with Gasteiger partial charge in [0.25, 0.3) is 0 Å². The van der Waals surface area contributed by atoms with Crippen LogP contribution in [0.3, 0.4) is 0 Å². The van der Waals surface area contributed by atoms with Crippen molar-refractivity contribution in [1.82, 2.24) is 20.1 Å². The van der Waals surface area contributed by atoms with E-state index in [1.54, 1.807) is 0 Å². The Balaban J connectivity index is 1.45. The van der Waals surface area contributed by atoms with E-state index in [0.717, 1.165) is 31.9 Å². The second kappa shape index (κ2) is 6.68. The largest absolute Gasteiger partial charge is 0.317 e. The number of hydrogen-bond acceptors (Lipinski definition) is 3. The van der Waals surface area contributed by atoms with E-state index in [-0.39, 0.29) is 0 Å². The fourth-order valence-corrected chi connectivity index (χ4v) is 2.85. The molecule has 0 spiro atoms. The normalized spacial score (nSPS) is 18.5. The highest BCUT2D eigenvalue weighted by atomic mass is 15.3. The molecule has 0 fully saturated rings. The average molecular weight is 282 g/mol. The molecule has 21 heavy (non-hydrogen) atoms. The number of benzene rings is 1. The zero-order chi connectivity index (χ0) is 14.5. The second-order valence-corrected chi connectivity index (χ2v) is 5.84. The Bertz CT molecular complexity index is 600. The van der Waals surface area contributed by atoms with Gasteiger partial charge in [0.15, 0.2) is 0 Å². The van der Waals surface area contributed by atoms with Gasteiger partial charge in [0.05, 0.1) is 0 Å². The molecule has 1 aromatic carbocycles. The zero-order valence-electron chi connectivity index (χ0n) is 12.5. The predicted molar refractivity (Wildman–Crippen MR) is 84.8 cm³/mol. The van der Waals surface area contributed by atoms with Gasteiger partial charge in [-0.25, -0.2) is 0 Å². The quantitative estimate of drug-likeness (QED) is 0.916. The molecule has 0 saturated heterocycles. The van der Waals surface area contributed by atoms with Crippen LogP contribution in [0.2, 0.25) is 0 Å². The first-order chi connectivity index (χ1) is 10.3. The van der Waals surface area contributed by atoms with E-state index in [2.05, 4.69) is 57.3 Å². The van der Waals surface area contributed by atoms with Crippen LogP contribution in [0.5, 0.6) is 0 Å². The molecule has 1 aliphatic heterocycles. The minimum absolute atomic E-state index is 0.679. The van der Waals surface area contributed by atoms with Gasteiger partial charge >= 0.3 is 0 Å². The number of nitrogens with zero attached hydrogens (tertiary/aromatic N) is 3. The Morgan fingerprint density at radius 2 is 2.24 bits per heavy atom. The SMILES string of the molecule is CC(=Cc1ccccc1)CNCC1CCc2nncn2C1. The first-order valence-electron chi connectivity index (χ1n) is 7.61. The second-order valence-electron chi connectivity index (χ2n) is 5.84. The summed E-state index contributed by atoms with van der Waals surface area (Å²) < 4.78 is 2.18. The molecule has 0 amide bonds. The standard InChI is InChI=1S/C17H22N4/c1-14(9-15-5-3-2-4-6-15)10-18-11-16-7-8-17-20-19-13-21(17)12-16/h2-6,9,13,16,18H,7-8,10-12H2,1H3. The summed E-state index contributed by atoms with van der Waals surface area (Å²) in [5.41, 5.74) is 2.63. The maximum absolute atomic E-state index is 4.13. The van der Waals surface area contributed by atoms with Gasteiger partial charge in [-0.3, -0.25) is 0 Å². The Morgan fingerprint density at radius 1 is 1.38 bits per heavy atom. The third-order valence-corrected chi connectivity index (χ3v) is 3.98. The molecule has 3 rings (SSSR count). The highest BCUT2D eigenvalue weighted by molar-refractivity contribution is 5.52. The Hall–Kier alpha value is -1.94. The number of fused-ring (bicyclic) bond motifs is 1. The van der Waals surface area contributed by atoms with Gasteiger partial charge in [-0.1, -0.05) is 42.0 Å². The maximum Gasteiger partial charge on any atom is 0.132 e. The summed E-state index contributed by atoms with van der Waals surface area (Å²) in [5.74, 6) is 1.81. The molecule has 110 valence electrons. The average Bonchev–Trinajstić information content (AvgIpc) is 2.96. The monoisotopic (exact) mass is 282 g/mol. The number of nitrogens with one attached hydrogen (secondary N) is 1. The van der Waals surface area contributed by atoms with Gasteiger partial charge in [-0.05, 0) is 31.4 Å². The van der Waals surface area contributed by atoms with E-state index in [1.807, 2.05) is 12.4 Å². The summed E-state index contributed by atoms with van der Waals surface area (Å²) in [6, 6.07) is 10.5. The van der Waals surface area contributed by atoms with Gasteiger partial charge in [0.2, 0.25) is 0 Å². The van der Waals surface area contributed by atoms with Gasteiger partial charge in [-0.15, -0.1) is 10.2 Å². The molecule has 0 saturated carbocycles. The summed E-state index contributed by atoms with van der Waals surface area (Å²) in [4.78, 5) is 0. The molecule has 1 N–H and O–H groups in total. The lowest BCUT2D eigenvalue weighted by Crippen LogP contribution is -2.30. The topological polar surface area (TPSA) is 42.7 Å². The van der Waals surface area contributed by atoms with E-state index in [1.165, 1.54) is 17.6 Å². The number of rotatable bonds is 5. The predicted octanol–water partition coefficient (Wildman–Crippen LogP) is 2.53. The van der Waals surface area contributed by atoms with Crippen molar-refractivity contribution >= 4 is 6.08 Å². The molecule has 0 aliphatic carbocycles. The summed E-state index contributed by atoms with van der Waals surface area (Å²) in [7, 11) is 0. The molecule has 0 radical (unpaired) electrons. The third kappa shape index (κ3) is 3.79. The van der Waals surface area contributed by atoms with Crippen molar-refractivity contribution in [3.63, 3.8) is 0 Å². The molecular formula is C17H22N4. The van der Waals surface area contributed by atoms with E-state index in [4.69, 9.17) is 0 Å². The van der Waals surface area contributed by atoms with Crippen LogP contribution in [-0.4, -0.2) is 27.9 Å². The molecule has 0 bridgehead atoms. The molecule has 4 heteroatoms. The summed E-state index contributed by atoms with van der Waals surface area (Å²) in [6.45, 7) is 5.22. The van der Waals surface area contributed by atoms with Crippen LogP contribution >= 0.6 is 0 Å². The van der Waals surface area contributed by atoms with Crippen molar-refractivity contribution in [2.75, 3.05) is 13.1 Å².